The number of aliphatic carboxylic acids is 1. The molecule has 2 aromatic carbocycles. The van der Waals surface area contributed by atoms with E-state index in [4.69, 9.17) is 40.7 Å². The monoisotopic (exact) mass is 904 g/mol. The molecule has 0 saturated carbocycles. The number of aryl methyl sites for hydroxylation is 1. The van der Waals surface area contributed by atoms with Gasteiger partial charge in [0.15, 0.2) is 6.10 Å². The first-order valence-electron chi connectivity index (χ1n) is 18.2. The van der Waals surface area contributed by atoms with Gasteiger partial charge >= 0.3 is 31.4 Å². The fraction of sp³-hybridized carbons (Fsp3) is 0.432. The zero-order chi connectivity index (χ0) is 46.3. The van der Waals surface area contributed by atoms with Crippen LogP contribution < -0.4 is 36.7 Å². The third-order valence-electron chi connectivity index (χ3n) is 7.50. The SMILES string of the molecule is CCNc1nc(Cl)nc(NC(C)(C)C)n1.CCc1ccc(COc2ccc(-n3c(=O)cc(C(F)(F)F)n(C)c3=O)cc2)c(OC(C)C(=O)OC)c1.O=C(O)CNCP(=O)(O)O. The van der Waals surface area contributed by atoms with Crippen LogP contribution in [0.5, 0.6) is 11.5 Å². The summed E-state index contributed by atoms with van der Waals surface area (Å²) in [6, 6.07) is 11.7. The number of hydrogen-bond acceptors (Lipinski definition) is 14. The standard InChI is InChI=1S/C25H25F3N2O6.C9H16ClN5.C3H8NO5P/c1-5-16-6-7-17(20(12-16)36-15(2)23(32)34-4)14-35-19-10-8-18(9-11-19)30-22(31)13-21(25(26,27)28)29(3)24(30)33;1-5-11-7-12-6(10)13-8(14-7)15-9(2,3)4;5-3(6)1-4-2-10(7,8)9/h6-13,15H,5,14H2,1-4H3;5H2,1-4H3,(H2,11,12,13,14,15);4H,1-2H2,(H,5,6)(H2,7,8,9). The fourth-order valence-corrected chi connectivity index (χ4v) is 5.29. The zero-order valence-electron chi connectivity index (χ0n) is 34.5. The van der Waals surface area contributed by atoms with E-state index in [2.05, 4.69) is 30.9 Å². The Labute approximate surface area is 353 Å². The molecule has 0 aliphatic heterocycles. The number of alkyl halides is 3. The van der Waals surface area contributed by atoms with Gasteiger partial charge in [-0.1, -0.05) is 19.1 Å². The minimum atomic E-state index is -4.84. The lowest BCUT2D eigenvalue weighted by molar-refractivity contribution is -0.148. The summed E-state index contributed by atoms with van der Waals surface area (Å²) in [5.41, 5.74) is -1.91. The smallest absolute Gasteiger partial charge is 0.431 e. The van der Waals surface area contributed by atoms with Gasteiger partial charge in [0.1, 0.15) is 23.8 Å². The van der Waals surface area contributed by atoms with Crippen LogP contribution >= 0.6 is 19.2 Å². The third kappa shape index (κ3) is 17.9. The van der Waals surface area contributed by atoms with Crippen LogP contribution in [0.25, 0.3) is 5.69 Å². The predicted octanol–water partition coefficient (Wildman–Crippen LogP) is 4.60. The van der Waals surface area contributed by atoms with Crippen LogP contribution in [-0.4, -0.2) is 89.0 Å². The van der Waals surface area contributed by atoms with Crippen LogP contribution in [0.3, 0.4) is 0 Å². The zero-order valence-corrected chi connectivity index (χ0v) is 36.2. The molecule has 2 heterocycles. The van der Waals surface area contributed by atoms with Gasteiger partial charge in [-0.2, -0.15) is 28.1 Å². The first-order valence-corrected chi connectivity index (χ1v) is 20.4. The van der Waals surface area contributed by atoms with Gasteiger partial charge in [0.05, 0.1) is 25.6 Å². The summed E-state index contributed by atoms with van der Waals surface area (Å²) in [6.45, 7) is 12.0. The molecular weight excluding hydrogens is 856 g/mol. The normalized spacial score (nSPS) is 11.8. The molecule has 0 spiro atoms. The number of aromatic nitrogens is 5. The van der Waals surface area contributed by atoms with Gasteiger partial charge in [0, 0.05) is 30.8 Å². The Morgan fingerprint density at radius 2 is 1.61 bits per heavy atom. The van der Waals surface area contributed by atoms with E-state index in [0.29, 0.717) is 44.2 Å². The summed E-state index contributed by atoms with van der Waals surface area (Å²) >= 11 is 5.77. The maximum atomic E-state index is 13.1. The Morgan fingerprint density at radius 3 is 2.13 bits per heavy atom. The second kappa shape index (κ2) is 22.9. The van der Waals surface area contributed by atoms with E-state index in [1.807, 2.05) is 52.8 Å². The summed E-state index contributed by atoms with van der Waals surface area (Å²) in [5.74, 6) is 0.144. The first-order chi connectivity index (χ1) is 28.3. The number of ether oxygens (including phenoxy) is 3. The second-order valence-electron chi connectivity index (χ2n) is 13.7. The highest BCUT2D eigenvalue weighted by Crippen LogP contribution is 2.32. The molecular formula is C37H49ClF3N8O11P. The van der Waals surface area contributed by atoms with Crippen molar-refractivity contribution in [2.24, 2.45) is 7.05 Å². The van der Waals surface area contributed by atoms with Gasteiger partial charge in [-0.15, -0.1) is 0 Å². The van der Waals surface area contributed by atoms with Crippen molar-refractivity contribution >= 4 is 43.0 Å². The number of nitrogens with one attached hydrogen (secondary N) is 3. The van der Waals surface area contributed by atoms with Crippen molar-refractivity contribution in [1.29, 1.82) is 0 Å². The average Bonchev–Trinajstić information content (AvgIpc) is 3.14. The summed E-state index contributed by atoms with van der Waals surface area (Å²) < 4.78 is 66.5. The van der Waals surface area contributed by atoms with Gasteiger partial charge in [-0.25, -0.2) is 14.2 Å². The second-order valence-corrected chi connectivity index (χ2v) is 15.7. The Balaban J connectivity index is 0.000000418. The molecule has 0 saturated heterocycles. The number of rotatable bonds is 15. The molecule has 1 atom stereocenters. The minimum Gasteiger partial charge on any atom is -0.489 e. The molecule has 0 aliphatic rings. The van der Waals surface area contributed by atoms with Crippen molar-refractivity contribution in [3.63, 3.8) is 0 Å². The van der Waals surface area contributed by atoms with E-state index in [1.165, 1.54) is 31.4 Å². The summed E-state index contributed by atoms with van der Waals surface area (Å²) in [5, 5.41) is 16.4. The number of carboxylic acids is 1. The van der Waals surface area contributed by atoms with Crippen LogP contribution in [-0.2, 0) is 45.1 Å². The Morgan fingerprint density at radius 1 is 0.984 bits per heavy atom. The quantitative estimate of drug-likeness (QED) is 0.0704. The number of methoxy groups -OCH3 is 1. The van der Waals surface area contributed by atoms with Crippen molar-refractivity contribution in [3.05, 3.63) is 91.5 Å². The van der Waals surface area contributed by atoms with Gasteiger partial charge in [-0.3, -0.25) is 24.0 Å². The summed E-state index contributed by atoms with van der Waals surface area (Å²) in [7, 11) is -1.88. The molecule has 61 heavy (non-hydrogen) atoms. The Bertz CT molecular complexity index is 2270. The highest BCUT2D eigenvalue weighted by atomic mass is 35.5. The highest BCUT2D eigenvalue weighted by Gasteiger charge is 2.35. The van der Waals surface area contributed by atoms with Crippen molar-refractivity contribution in [1.82, 2.24) is 29.4 Å². The van der Waals surface area contributed by atoms with Crippen molar-refractivity contribution in [2.75, 3.05) is 37.1 Å². The maximum absolute atomic E-state index is 13.1. The molecule has 6 N–H and O–H groups in total. The van der Waals surface area contributed by atoms with E-state index in [1.54, 1.807) is 6.92 Å². The van der Waals surface area contributed by atoms with Gasteiger partial charge < -0.3 is 39.7 Å². The predicted molar refractivity (Wildman–Crippen MR) is 219 cm³/mol. The van der Waals surface area contributed by atoms with Crippen LogP contribution in [0.15, 0.2) is 58.1 Å². The molecule has 1 unspecified atom stereocenters. The molecule has 0 radical (unpaired) electrons. The minimum absolute atomic E-state index is 0.0779. The lowest BCUT2D eigenvalue weighted by Gasteiger charge is -2.20. The average molecular weight is 905 g/mol. The van der Waals surface area contributed by atoms with E-state index in [-0.39, 0.29) is 23.1 Å². The number of nitrogens with zero attached hydrogens (tertiary/aromatic N) is 5. The van der Waals surface area contributed by atoms with Crippen LogP contribution in [0.1, 0.15) is 58.4 Å². The van der Waals surface area contributed by atoms with Gasteiger partial charge in [0.2, 0.25) is 17.2 Å². The maximum Gasteiger partial charge on any atom is 0.431 e. The van der Waals surface area contributed by atoms with E-state index in [9.17, 15) is 36.9 Å². The number of anilines is 2. The van der Waals surface area contributed by atoms with E-state index < -0.39 is 61.6 Å². The summed E-state index contributed by atoms with van der Waals surface area (Å²) in [4.78, 5) is 74.7. The molecule has 0 bridgehead atoms. The molecule has 0 aliphatic carbocycles. The molecule has 19 nitrogen and oxygen atoms in total. The number of benzene rings is 2. The molecule has 336 valence electrons. The molecule has 0 amide bonds. The number of carbonyl (C=O) groups excluding carboxylic acids is 1. The van der Waals surface area contributed by atoms with E-state index >= 15 is 0 Å². The highest BCUT2D eigenvalue weighted by molar-refractivity contribution is 7.51. The number of halogens is 4. The van der Waals surface area contributed by atoms with Gasteiger partial charge in [0.25, 0.3) is 5.56 Å². The molecule has 4 rings (SSSR count). The van der Waals surface area contributed by atoms with Crippen LogP contribution in [0, 0.1) is 0 Å². The number of esters is 1. The Hall–Kier alpha value is -5.54. The fourth-order valence-electron chi connectivity index (χ4n) is 4.73. The number of carboxylic acid groups (broad SMARTS) is 1. The van der Waals surface area contributed by atoms with Crippen LogP contribution in [0.4, 0.5) is 25.1 Å². The third-order valence-corrected chi connectivity index (χ3v) is 8.30. The van der Waals surface area contributed by atoms with E-state index in [0.717, 1.165) is 25.6 Å². The van der Waals surface area contributed by atoms with Gasteiger partial charge in [-0.05, 0) is 88.5 Å². The molecule has 24 heteroatoms. The molecule has 4 aromatic rings. The summed E-state index contributed by atoms with van der Waals surface area (Å²) in [6.07, 6.45) is -5.51. The largest absolute Gasteiger partial charge is 0.489 e. The topological polar surface area (TPSA) is 258 Å². The number of carbonyl (C=O) groups is 2. The van der Waals surface area contributed by atoms with Crippen LogP contribution in [0.2, 0.25) is 5.28 Å². The first kappa shape index (κ1) is 51.6. The molecule has 0 fully saturated rings. The molecule has 2 aromatic heterocycles. The lowest BCUT2D eigenvalue weighted by Crippen LogP contribution is -2.40. The van der Waals surface area contributed by atoms with Crippen molar-refractivity contribution < 1.29 is 56.4 Å². The van der Waals surface area contributed by atoms with Crippen molar-refractivity contribution in [2.45, 2.75) is 72.4 Å². The lowest BCUT2D eigenvalue weighted by atomic mass is 10.1. The Kier molecular flexibility index (Phi) is 19.4. The number of hydrogen-bond donors (Lipinski definition) is 6. The van der Waals surface area contributed by atoms with Crippen molar-refractivity contribution in [3.8, 4) is 17.2 Å².